The topological polar surface area (TPSA) is 66.8 Å². The minimum Gasteiger partial charge on any atom is -0.479 e. The monoisotopic (exact) mass is 299 g/mol. The van der Waals surface area contributed by atoms with Gasteiger partial charge in [0.05, 0.1) is 0 Å². The van der Waals surface area contributed by atoms with Crippen molar-refractivity contribution in [1.82, 2.24) is 4.90 Å². The van der Waals surface area contributed by atoms with E-state index in [2.05, 4.69) is 0 Å². The highest BCUT2D eigenvalue weighted by molar-refractivity contribution is 5.85. The van der Waals surface area contributed by atoms with Crippen LogP contribution in [0.2, 0.25) is 0 Å². The number of carbonyl (C=O) groups excluding carboxylic acids is 1. The van der Waals surface area contributed by atoms with Gasteiger partial charge in [-0.3, -0.25) is 4.90 Å². The third-order valence-electron chi connectivity index (χ3n) is 4.17. The molecule has 1 aliphatic rings. The van der Waals surface area contributed by atoms with Gasteiger partial charge in [0, 0.05) is 6.54 Å². The van der Waals surface area contributed by atoms with Gasteiger partial charge >= 0.3 is 12.1 Å². The summed E-state index contributed by atoms with van der Waals surface area (Å²) in [5.41, 5.74) is -1.75. The highest BCUT2D eigenvalue weighted by Crippen LogP contribution is 2.39. The second-order valence-electron chi connectivity index (χ2n) is 7.01. The standard InChI is InChI=1S/C16H29NO4/c1-6-11-17(14(20)21-15(3,4)5)16(13(18)19)10-8-7-9-12(16)2/h12H,6-11H2,1-5H3,(H,18,19). The Morgan fingerprint density at radius 2 is 1.95 bits per heavy atom. The second kappa shape index (κ2) is 6.67. The van der Waals surface area contributed by atoms with Crippen molar-refractivity contribution >= 4 is 12.1 Å². The zero-order valence-electron chi connectivity index (χ0n) is 13.9. The van der Waals surface area contributed by atoms with E-state index in [1.807, 2.05) is 13.8 Å². The lowest BCUT2D eigenvalue weighted by Crippen LogP contribution is -2.62. The molecule has 0 heterocycles. The Kier molecular flexibility index (Phi) is 5.65. The maximum Gasteiger partial charge on any atom is 0.411 e. The molecule has 1 aliphatic carbocycles. The minimum absolute atomic E-state index is 0.0668. The Hall–Kier alpha value is -1.26. The van der Waals surface area contributed by atoms with Crippen molar-refractivity contribution in [1.29, 1.82) is 0 Å². The molecule has 1 fully saturated rings. The molecule has 1 rings (SSSR count). The zero-order chi connectivity index (χ0) is 16.3. The molecule has 5 heteroatoms. The Balaban J connectivity index is 3.14. The molecular formula is C16H29NO4. The molecule has 0 bridgehead atoms. The van der Waals surface area contributed by atoms with Crippen LogP contribution in [0, 0.1) is 5.92 Å². The van der Waals surface area contributed by atoms with Gasteiger partial charge in [-0.2, -0.15) is 0 Å². The number of ether oxygens (including phenoxy) is 1. The van der Waals surface area contributed by atoms with Gasteiger partial charge in [0.25, 0.3) is 0 Å². The summed E-state index contributed by atoms with van der Waals surface area (Å²) < 4.78 is 5.45. The third-order valence-corrected chi connectivity index (χ3v) is 4.17. The summed E-state index contributed by atoms with van der Waals surface area (Å²) in [5.74, 6) is -0.975. The van der Waals surface area contributed by atoms with Crippen LogP contribution in [0.3, 0.4) is 0 Å². The van der Waals surface area contributed by atoms with Crippen LogP contribution in [0.5, 0.6) is 0 Å². The maximum absolute atomic E-state index is 12.5. The van der Waals surface area contributed by atoms with Crippen molar-refractivity contribution in [2.24, 2.45) is 5.92 Å². The molecule has 1 N–H and O–H groups in total. The van der Waals surface area contributed by atoms with Gasteiger partial charge in [0.15, 0.2) is 0 Å². The molecule has 0 spiro atoms. The van der Waals surface area contributed by atoms with Gasteiger partial charge in [0.2, 0.25) is 0 Å². The minimum atomic E-state index is -1.13. The zero-order valence-corrected chi connectivity index (χ0v) is 13.9. The van der Waals surface area contributed by atoms with Crippen LogP contribution in [-0.4, -0.2) is 39.8 Å². The fourth-order valence-electron chi connectivity index (χ4n) is 3.16. The molecule has 2 unspecified atom stereocenters. The first-order chi connectivity index (χ1) is 9.65. The van der Waals surface area contributed by atoms with Gasteiger partial charge in [0.1, 0.15) is 11.1 Å². The van der Waals surface area contributed by atoms with Crippen molar-refractivity contribution in [2.75, 3.05) is 6.54 Å². The third kappa shape index (κ3) is 3.89. The Bertz CT molecular complexity index is 388. The molecule has 0 aromatic rings. The lowest BCUT2D eigenvalue weighted by atomic mass is 9.72. The highest BCUT2D eigenvalue weighted by Gasteiger charge is 2.52. The van der Waals surface area contributed by atoms with E-state index >= 15 is 0 Å². The smallest absolute Gasteiger partial charge is 0.411 e. The molecule has 0 saturated heterocycles. The van der Waals surface area contributed by atoms with Crippen LogP contribution in [-0.2, 0) is 9.53 Å². The molecule has 1 amide bonds. The molecule has 0 aliphatic heterocycles. The van der Waals surface area contributed by atoms with E-state index in [4.69, 9.17) is 4.74 Å². The van der Waals surface area contributed by atoms with Crippen LogP contribution in [0.1, 0.15) is 66.7 Å². The summed E-state index contributed by atoms with van der Waals surface area (Å²) in [4.78, 5) is 26.0. The average molecular weight is 299 g/mol. The summed E-state index contributed by atoms with van der Waals surface area (Å²) in [6.07, 6.45) is 3.38. The Morgan fingerprint density at radius 1 is 1.33 bits per heavy atom. The van der Waals surface area contributed by atoms with E-state index in [-0.39, 0.29) is 5.92 Å². The molecule has 1 saturated carbocycles. The molecule has 21 heavy (non-hydrogen) atoms. The molecule has 2 atom stereocenters. The molecule has 0 aromatic carbocycles. The molecule has 122 valence electrons. The number of hydrogen-bond acceptors (Lipinski definition) is 3. The van der Waals surface area contributed by atoms with Gasteiger partial charge in [-0.25, -0.2) is 9.59 Å². The number of carboxylic acid groups (broad SMARTS) is 1. The summed E-state index contributed by atoms with van der Waals surface area (Å²) in [6, 6.07) is 0. The van der Waals surface area contributed by atoms with E-state index in [0.717, 1.165) is 19.3 Å². The summed E-state index contributed by atoms with van der Waals surface area (Å²) >= 11 is 0. The van der Waals surface area contributed by atoms with E-state index in [0.29, 0.717) is 19.4 Å². The van der Waals surface area contributed by atoms with Crippen molar-refractivity contribution < 1.29 is 19.4 Å². The number of nitrogens with zero attached hydrogens (tertiary/aromatic N) is 1. The SMILES string of the molecule is CCCN(C(=O)OC(C)(C)C)C1(C(=O)O)CCCCC1C. The van der Waals surface area contributed by atoms with E-state index < -0.39 is 23.2 Å². The second-order valence-corrected chi connectivity index (χ2v) is 7.01. The number of rotatable bonds is 4. The first kappa shape index (κ1) is 17.8. The number of amides is 1. The fraction of sp³-hybridized carbons (Fsp3) is 0.875. The maximum atomic E-state index is 12.5. The van der Waals surface area contributed by atoms with E-state index in [1.54, 1.807) is 20.8 Å². The number of aliphatic carboxylic acids is 1. The van der Waals surface area contributed by atoms with Crippen molar-refractivity contribution in [3.8, 4) is 0 Å². The Morgan fingerprint density at radius 3 is 2.38 bits per heavy atom. The van der Waals surface area contributed by atoms with Crippen LogP contribution < -0.4 is 0 Å². The number of carbonyl (C=O) groups is 2. The highest BCUT2D eigenvalue weighted by atomic mass is 16.6. The quantitative estimate of drug-likeness (QED) is 0.860. The fourth-order valence-corrected chi connectivity index (χ4v) is 3.16. The van der Waals surface area contributed by atoms with Gasteiger partial charge in [-0.05, 0) is 46.0 Å². The lowest BCUT2D eigenvalue weighted by molar-refractivity contribution is -0.158. The van der Waals surface area contributed by atoms with Crippen LogP contribution >= 0.6 is 0 Å². The summed E-state index contributed by atoms with van der Waals surface area (Å²) in [5, 5.41) is 9.85. The van der Waals surface area contributed by atoms with Crippen LogP contribution in [0.4, 0.5) is 4.79 Å². The Labute approximate surface area is 127 Å². The van der Waals surface area contributed by atoms with E-state index in [9.17, 15) is 14.7 Å². The van der Waals surface area contributed by atoms with Gasteiger partial charge in [-0.1, -0.05) is 26.7 Å². The van der Waals surface area contributed by atoms with Gasteiger partial charge < -0.3 is 9.84 Å². The first-order valence-electron chi connectivity index (χ1n) is 7.89. The first-order valence-corrected chi connectivity index (χ1v) is 7.89. The number of carboxylic acids is 1. The molecular weight excluding hydrogens is 270 g/mol. The lowest BCUT2D eigenvalue weighted by Gasteiger charge is -2.47. The average Bonchev–Trinajstić information content (AvgIpc) is 2.34. The van der Waals surface area contributed by atoms with Crippen molar-refractivity contribution in [2.45, 2.75) is 77.9 Å². The van der Waals surface area contributed by atoms with Crippen LogP contribution in [0.15, 0.2) is 0 Å². The van der Waals surface area contributed by atoms with E-state index in [1.165, 1.54) is 4.90 Å². The largest absolute Gasteiger partial charge is 0.479 e. The van der Waals surface area contributed by atoms with Crippen molar-refractivity contribution in [3.63, 3.8) is 0 Å². The van der Waals surface area contributed by atoms with Crippen molar-refractivity contribution in [3.05, 3.63) is 0 Å². The normalized spacial score (nSPS) is 26.2. The molecule has 0 radical (unpaired) electrons. The summed E-state index contributed by atoms with van der Waals surface area (Å²) in [6.45, 7) is 9.68. The molecule has 5 nitrogen and oxygen atoms in total. The number of hydrogen-bond donors (Lipinski definition) is 1. The molecule has 0 aromatic heterocycles. The van der Waals surface area contributed by atoms with Gasteiger partial charge in [-0.15, -0.1) is 0 Å². The predicted molar refractivity (Wildman–Crippen MR) is 81.2 cm³/mol. The van der Waals surface area contributed by atoms with Crippen LogP contribution in [0.25, 0.3) is 0 Å². The summed E-state index contributed by atoms with van der Waals surface area (Å²) in [7, 11) is 0. The predicted octanol–water partition coefficient (Wildman–Crippen LogP) is 3.67.